The van der Waals surface area contributed by atoms with Crippen molar-refractivity contribution in [2.75, 3.05) is 14.2 Å². The number of rotatable bonds is 4. The molecule has 2 aliphatic heterocycles. The highest BCUT2D eigenvalue weighted by molar-refractivity contribution is 8.01. The van der Waals surface area contributed by atoms with Crippen molar-refractivity contribution in [2.45, 2.75) is 36.4 Å². The number of thioether (sulfide) groups is 1. The lowest BCUT2D eigenvalue weighted by Gasteiger charge is -2.42. The Labute approximate surface area is 121 Å². The predicted octanol–water partition coefficient (Wildman–Crippen LogP) is 0.771. The predicted molar refractivity (Wildman–Crippen MR) is 71.0 cm³/mol. The van der Waals surface area contributed by atoms with Gasteiger partial charge in [-0.05, 0) is 13.8 Å². The number of nitrogens with zero attached hydrogens (tertiary/aromatic N) is 1. The minimum Gasteiger partial charge on any atom is -0.366 e. The van der Waals surface area contributed by atoms with E-state index in [9.17, 15) is 14.2 Å². The summed E-state index contributed by atoms with van der Waals surface area (Å²) >= 11 is 1.45. The van der Waals surface area contributed by atoms with E-state index in [1.54, 1.807) is 13.8 Å². The molecule has 20 heavy (non-hydrogen) atoms. The number of amides is 1. The van der Waals surface area contributed by atoms with Gasteiger partial charge in [-0.15, -0.1) is 0 Å². The van der Waals surface area contributed by atoms with Crippen molar-refractivity contribution in [3.8, 4) is 0 Å². The van der Waals surface area contributed by atoms with Gasteiger partial charge in [0.15, 0.2) is 5.37 Å². The van der Waals surface area contributed by atoms with Gasteiger partial charge in [-0.2, -0.15) is 10.4 Å². The molecule has 2 fully saturated rings. The van der Waals surface area contributed by atoms with E-state index in [0.29, 0.717) is 6.42 Å². The van der Waals surface area contributed by atoms with Crippen molar-refractivity contribution in [1.29, 1.82) is 0 Å². The van der Waals surface area contributed by atoms with Crippen LogP contribution in [0.2, 0.25) is 0 Å². The number of phosphoric acid groups is 1. The van der Waals surface area contributed by atoms with E-state index in [1.807, 2.05) is 0 Å². The fourth-order valence-corrected chi connectivity index (χ4v) is 5.00. The van der Waals surface area contributed by atoms with Gasteiger partial charge >= 0.3 is 19.7 Å². The van der Waals surface area contributed by atoms with Gasteiger partial charge in [0.05, 0.1) is 4.75 Å². The molecule has 2 rings (SSSR count). The highest BCUT2D eigenvalue weighted by Gasteiger charge is 2.73. The lowest BCUT2D eigenvalue weighted by Crippen LogP contribution is -2.76. The van der Waals surface area contributed by atoms with Crippen LogP contribution in [0.5, 0.6) is 0 Å². The average Bonchev–Trinajstić information content (AvgIpc) is 2.53. The number of quaternary nitrogens is 1. The Morgan fingerprint density at radius 2 is 2.00 bits per heavy atom. The van der Waals surface area contributed by atoms with E-state index in [4.69, 9.17) is 10.4 Å². The zero-order chi connectivity index (χ0) is 15.3. The molecular formula is C10H18N2O6PS+. The quantitative estimate of drug-likeness (QED) is 0.266. The lowest BCUT2D eigenvalue weighted by atomic mass is 9.97. The second-order valence-corrected chi connectivity index (χ2v) is 8.87. The van der Waals surface area contributed by atoms with Gasteiger partial charge < -0.3 is 4.52 Å². The highest BCUT2D eigenvalue weighted by atomic mass is 32.2. The zero-order valence-electron chi connectivity index (χ0n) is 11.7. The third-order valence-corrected chi connectivity index (χ3v) is 6.57. The summed E-state index contributed by atoms with van der Waals surface area (Å²) < 4.78 is 24.8. The molecule has 0 saturated carbocycles. The number of carbonyl (C=O) groups excluding carboxylic acids is 2. The third-order valence-electron chi connectivity index (χ3n) is 3.66. The molecule has 114 valence electrons. The van der Waals surface area contributed by atoms with Crippen molar-refractivity contribution < 1.29 is 32.3 Å². The molecular weight excluding hydrogens is 307 g/mol. The fraction of sp³-hybridized carbons (Fsp3) is 0.800. The number of carbonyl (C=O) groups is 2. The van der Waals surface area contributed by atoms with Crippen LogP contribution in [0.15, 0.2) is 0 Å². The molecule has 2 heterocycles. The van der Waals surface area contributed by atoms with Crippen molar-refractivity contribution in [1.82, 2.24) is 0 Å². The van der Waals surface area contributed by atoms with Crippen LogP contribution in [-0.4, -0.2) is 46.9 Å². The first-order valence-corrected chi connectivity index (χ1v) is 8.28. The van der Waals surface area contributed by atoms with E-state index in [1.165, 1.54) is 11.8 Å². The van der Waals surface area contributed by atoms with Gasteiger partial charge in [-0.25, -0.2) is 14.2 Å². The van der Waals surface area contributed by atoms with Crippen LogP contribution < -0.4 is 5.84 Å². The van der Waals surface area contributed by atoms with Crippen molar-refractivity contribution in [3.63, 3.8) is 0 Å². The van der Waals surface area contributed by atoms with Crippen molar-refractivity contribution >= 4 is 31.5 Å². The number of hydrogen-bond acceptors (Lipinski definition) is 8. The molecule has 2 aliphatic rings. The van der Waals surface area contributed by atoms with E-state index >= 15 is 0 Å². The second kappa shape index (κ2) is 4.79. The number of β-lactam (4-membered cyclic amide) rings is 1. The Balaban J connectivity index is 2.28. The molecule has 0 aliphatic carbocycles. The average molecular weight is 325 g/mol. The molecule has 0 aromatic rings. The molecule has 2 N–H and O–H groups in total. The molecule has 0 aromatic carbocycles. The summed E-state index contributed by atoms with van der Waals surface area (Å²) in [5.74, 6) is 4.98. The Hall–Kier alpha value is -0.440. The molecule has 0 aromatic heterocycles. The molecule has 1 unspecified atom stereocenters. The second-order valence-electron chi connectivity index (χ2n) is 5.23. The summed E-state index contributed by atoms with van der Waals surface area (Å²) in [4.78, 5) is 24.2. The van der Waals surface area contributed by atoms with Gasteiger partial charge in [-0.3, -0.25) is 9.05 Å². The lowest BCUT2D eigenvalue weighted by molar-refractivity contribution is -0.913. The monoisotopic (exact) mass is 325 g/mol. The first-order valence-electron chi connectivity index (χ1n) is 5.94. The van der Waals surface area contributed by atoms with Gasteiger partial charge in [0, 0.05) is 14.2 Å². The largest absolute Gasteiger partial charge is 0.531 e. The number of fused-ring (bicyclic) bond motifs is 1. The van der Waals surface area contributed by atoms with Crippen LogP contribution in [0.3, 0.4) is 0 Å². The molecule has 8 nitrogen and oxygen atoms in total. The van der Waals surface area contributed by atoms with Crippen LogP contribution in [-0.2, 0) is 27.7 Å². The van der Waals surface area contributed by atoms with Crippen LogP contribution in [0.25, 0.3) is 0 Å². The normalized spacial score (nSPS) is 35.4. The number of hydrogen-bond donors (Lipinski definition) is 1. The van der Waals surface area contributed by atoms with E-state index < -0.39 is 29.2 Å². The first kappa shape index (κ1) is 15.9. The highest BCUT2D eigenvalue weighted by Crippen LogP contribution is 2.56. The maximum Gasteiger partial charge on any atom is 0.531 e. The maximum atomic E-state index is 12.3. The molecule has 3 atom stereocenters. The fourth-order valence-electron chi connectivity index (χ4n) is 2.64. The molecule has 0 spiro atoms. The Morgan fingerprint density at radius 1 is 1.45 bits per heavy atom. The van der Waals surface area contributed by atoms with Crippen molar-refractivity contribution in [3.05, 3.63) is 0 Å². The van der Waals surface area contributed by atoms with E-state index in [-0.39, 0.29) is 11.3 Å². The van der Waals surface area contributed by atoms with E-state index in [2.05, 4.69) is 9.05 Å². The smallest absolute Gasteiger partial charge is 0.366 e. The van der Waals surface area contributed by atoms with Crippen LogP contribution >= 0.6 is 19.6 Å². The van der Waals surface area contributed by atoms with Gasteiger partial charge in [0.25, 0.3) is 0 Å². The topological polar surface area (TPSA) is 105 Å². The Bertz CT molecular complexity index is 504. The summed E-state index contributed by atoms with van der Waals surface area (Å²) in [6, 6.07) is -0.947. The molecule has 1 amide bonds. The number of nitrogens with two attached hydrogens (primary N) is 1. The Kier molecular flexibility index (Phi) is 3.82. The van der Waals surface area contributed by atoms with Gasteiger partial charge in [0.1, 0.15) is 6.42 Å². The summed E-state index contributed by atoms with van der Waals surface area (Å²) in [6.45, 7) is 3.60. The standard InChI is InChI=1S/C10H18N2O6PS/c1-10(2)8(9(14)18-19(15,16-3)17-4)12(11)6(13)5-7(12)20-10/h7-8H,5,11H2,1-4H3/q+1/t7-,8+,12?/m1/s1. The number of phosphoric ester groups is 1. The Morgan fingerprint density at radius 3 is 2.45 bits per heavy atom. The maximum absolute atomic E-state index is 12.3. The minimum atomic E-state index is -3.95. The molecule has 2 saturated heterocycles. The minimum absolute atomic E-state index is 0.181. The first-order chi connectivity index (χ1) is 9.10. The van der Waals surface area contributed by atoms with Crippen LogP contribution in [0.1, 0.15) is 20.3 Å². The molecule has 0 radical (unpaired) electrons. The zero-order valence-corrected chi connectivity index (χ0v) is 13.4. The molecule has 0 bridgehead atoms. The molecule has 10 heteroatoms. The summed E-state index contributed by atoms with van der Waals surface area (Å²) in [7, 11) is -1.74. The van der Waals surface area contributed by atoms with E-state index in [0.717, 1.165) is 14.2 Å². The van der Waals surface area contributed by atoms with Crippen LogP contribution in [0.4, 0.5) is 0 Å². The van der Waals surface area contributed by atoms with Gasteiger partial charge in [-0.1, -0.05) is 11.8 Å². The summed E-state index contributed by atoms with van der Waals surface area (Å²) in [5, 5.41) is -0.181. The van der Waals surface area contributed by atoms with Gasteiger partial charge in [0.2, 0.25) is 6.04 Å². The van der Waals surface area contributed by atoms with Crippen LogP contribution in [0, 0.1) is 0 Å². The SMILES string of the molecule is COP(=O)(OC)OC(=O)[C@H]1C(C)(C)S[C@@H]2CC(=O)[N+]21N. The summed E-state index contributed by atoms with van der Waals surface area (Å²) in [6.07, 6.45) is 0.320. The summed E-state index contributed by atoms with van der Waals surface area (Å²) in [5.41, 5.74) is 0. The third kappa shape index (κ3) is 2.13. The van der Waals surface area contributed by atoms with Crippen molar-refractivity contribution in [2.24, 2.45) is 5.84 Å².